The molecule has 6 rings (SSSR count). The van der Waals surface area contributed by atoms with E-state index in [0.29, 0.717) is 11.8 Å². The number of aryl methyl sites for hydroxylation is 4. The molecular weight excluding hydrogens is 563 g/mol. The first-order chi connectivity index (χ1) is 22.1. The van der Waals surface area contributed by atoms with Crippen LogP contribution in [0, 0.1) is 45.4 Å². The Morgan fingerprint density at radius 2 is 1.47 bits per heavy atom. The van der Waals surface area contributed by atoms with Crippen molar-refractivity contribution in [2.75, 3.05) is 0 Å². The Hall–Kier alpha value is -3.44. The van der Waals surface area contributed by atoms with Gasteiger partial charge >= 0.3 is 18.9 Å². The first-order valence-electron chi connectivity index (χ1n) is 17.5. The first-order valence-corrected chi connectivity index (χ1v) is 17.5. The van der Waals surface area contributed by atoms with E-state index >= 15 is 0 Å². The number of aromatic amines is 1. The van der Waals surface area contributed by atoms with Gasteiger partial charge in [0.15, 0.2) is 5.69 Å². The van der Waals surface area contributed by atoms with Crippen molar-refractivity contribution in [3.05, 3.63) is 123 Å². The molecule has 0 spiro atoms. The van der Waals surface area contributed by atoms with E-state index in [1.165, 1.54) is 102 Å². The molecule has 0 radical (unpaired) electrons. The summed E-state index contributed by atoms with van der Waals surface area (Å²) in [5.41, 5.74) is 15.9. The molecule has 1 N–H and O–H groups in total. The van der Waals surface area contributed by atoms with Crippen LogP contribution >= 0.6 is 0 Å². The second-order valence-electron chi connectivity index (χ2n) is 14.3. The molecule has 2 aromatic heterocycles. The summed E-state index contributed by atoms with van der Waals surface area (Å²) in [5, 5.41) is 4.03. The topological polar surface area (TPSA) is 18.6 Å². The van der Waals surface area contributed by atoms with E-state index in [-0.39, 0.29) is 18.9 Å². The van der Waals surface area contributed by atoms with E-state index in [1.54, 1.807) is 0 Å². The van der Waals surface area contributed by atoms with Gasteiger partial charge in [-0.3, -0.25) is 4.98 Å². The molecule has 0 aliphatic carbocycles. The summed E-state index contributed by atoms with van der Waals surface area (Å²) in [6.07, 6.45) is 5.54. The van der Waals surface area contributed by atoms with Crippen molar-refractivity contribution in [2.45, 2.75) is 94.4 Å². The molecule has 0 saturated carbocycles. The minimum absolute atomic E-state index is 0. The summed E-state index contributed by atoms with van der Waals surface area (Å²) in [6, 6.07) is 27.9. The van der Waals surface area contributed by atoms with Crippen LogP contribution in [0.4, 0.5) is 0 Å². The van der Waals surface area contributed by atoms with E-state index < -0.39 is 0 Å². The van der Waals surface area contributed by atoms with Crippen molar-refractivity contribution in [3.8, 4) is 11.3 Å². The van der Waals surface area contributed by atoms with Crippen molar-refractivity contribution in [2.24, 2.45) is 11.8 Å². The van der Waals surface area contributed by atoms with Crippen molar-refractivity contribution >= 4 is 27.3 Å². The third-order valence-electron chi connectivity index (χ3n) is 10.1. The Kier molecular flexibility index (Phi) is 10.7. The largest absolute Gasteiger partial charge is 1.00 e. The van der Waals surface area contributed by atoms with Crippen LogP contribution in [0.5, 0.6) is 0 Å². The number of aromatic nitrogens is 2. The fourth-order valence-corrected chi connectivity index (χ4v) is 8.22. The maximum atomic E-state index is 3.99. The van der Waals surface area contributed by atoms with Crippen LogP contribution in [0.1, 0.15) is 98.5 Å². The second-order valence-corrected chi connectivity index (χ2v) is 14.3. The standard InChI is InChI=1S/C44H51N2.Li/c1-10-15-28(5)22-34-18-19-37-39-25-35(23-33-16-13-12-14-17-33)24-38(36(11-2)27(3)4)42(39)44-45-32(9)43(46(44)40(37)26-34)41-30(7)20-29(6)21-31(41)8;/h12-14,16-21,24-28H,10-11,15,22-23H2,1-9H3;/q-1;+1/p+1. The minimum Gasteiger partial charge on any atom is -0.251 e. The molecule has 238 valence electrons. The number of rotatable bonds is 10. The van der Waals surface area contributed by atoms with E-state index in [9.17, 15) is 0 Å². The monoisotopic (exact) mass is 615 g/mol. The zero-order chi connectivity index (χ0) is 32.7. The molecule has 2 nitrogen and oxygen atoms in total. The maximum Gasteiger partial charge on any atom is 1.00 e. The summed E-state index contributed by atoms with van der Waals surface area (Å²) in [6.45, 7) is 20.8. The average Bonchev–Trinajstić information content (AvgIpc) is 3.33. The molecule has 1 atom stereocenters. The number of hydrogen-bond acceptors (Lipinski definition) is 0. The Labute approximate surface area is 295 Å². The molecule has 6 aromatic rings. The third kappa shape index (κ3) is 6.66. The SMILES string of the molecule is CCCC(C)Cc1ccc2c3cc(Cc4ccccc4)cc([C-](CC)C(C)C)c3c3[nH+]c(C)c(-c4c(C)cc(C)cc4C)n3c2c1.[Li+]. The number of H-pyrrole nitrogens is 1. The van der Waals surface area contributed by atoms with Crippen molar-refractivity contribution in [1.82, 2.24) is 4.40 Å². The van der Waals surface area contributed by atoms with Gasteiger partial charge in [0.2, 0.25) is 5.65 Å². The number of benzene rings is 4. The van der Waals surface area contributed by atoms with Crippen LogP contribution in [0.25, 0.3) is 38.6 Å². The van der Waals surface area contributed by atoms with Crippen molar-refractivity contribution in [1.29, 1.82) is 0 Å². The molecule has 0 bridgehead atoms. The zero-order valence-electron chi connectivity index (χ0n) is 30.6. The molecular formula is C44H52LiN2+. The Morgan fingerprint density at radius 3 is 2.11 bits per heavy atom. The van der Waals surface area contributed by atoms with Crippen LogP contribution in [-0.4, -0.2) is 4.40 Å². The van der Waals surface area contributed by atoms with Crippen molar-refractivity contribution < 1.29 is 23.8 Å². The third-order valence-corrected chi connectivity index (χ3v) is 10.1. The van der Waals surface area contributed by atoms with E-state index in [1.807, 2.05) is 0 Å². The summed E-state index contributed by atoms with van der Waals surface area (Å²) >= 11 is 0. The summed E-state index contributed by atoms with van der Waals surface area (Å²) in [4.78, 5) is 3.99. The van der Waals surface area contributed by atoms with E-state index in [2.05, 4.69) is 144 Å². The fourth-order valence-electron chi connectivity index (χ4n) is 8.22. The van der Waals surface area contributed by atoms with Gasteiger partial charge in [-0.15, -0.1) is 0 Å². The smallest absolute Gasteiger partial charge is 0.251 e. The molecule has 3 heteroatoms. The fraction of sp³-hybridized carbons (Fsp3) is 0.364. The van der Waals surface area contributed by atoms with Gasteiger partial charge in [-0.2, -0.15) is 21.9 Å². The Bertz CT molecular complexity index is 2010. The average molecular weight is 616 g/mol. The molecule has 4 aromatic carbocycles. The van der Waals surface area contributed by atoms with Gasteiger partial charge in [0.1, 0.15) is 11.2 Å². The number of nitrogens with one attached hydrogen (secondary N) is 1. The minimum atomic E-state index is 0. The molecule has 0 aliphatic heterocycles. The number of pyridine rings is 1. The molecule has 2 heterocycles. The quantitative estimate of drug-likeness (QED) is 0.0836. The number of nitrogens with zero attached hydrogens (tertiary/aromatic N) is 1. The number of imidazole rings is 1. The Morgan fingerprint density at radius 1 is 0.766 bits per heavy atom. The van der Waals surface area contributed by atoms with Gasteiger partial charge in [0.05, 0.1) is 0 Å². The molecule has 0 saturated heterocycles. The van der Waals surface area contributed by atoms with Crippen molar-refractivity contribution in [3.63, 3.8) is 0 Å². The maximum absolute atomic E-state index is 3.99. The predicted molar refractivity (Wildman–Crippen MR) is 198 cm³/mol. The first kappa shape index (κ1) is 34.9. The van der Waals surface area contributed by atoms with Gasteiger partial charge in [0.25, 0.3) is 0 Å². The van der Waals surface area contributed by atoms with Gasteiger partial charge in [-0.05, 0) is 73.2 Å². The Balaban J connectivity index is 0.00000433. The van der Waals surface area contributed by atoms with Gasteiger partial charge in [0, 0.05) is 17.9 Å². The summed E-state index contributed by atoms with van der Waals surface area (Å²) < 4.78 is 2.58. The zero-order valence-corrected chi connectivity index (χ0v) is 30.6. The van der Waals surface area contributed by atoms with Crippen LogP contribution in [-0.2, 0) is 12.8 Å². The van der Waals surface area contributed by atoms with Crippen LogP contribution in [0.15, 0.2) is 72.8 Å². The summed E-state index contributed by atoms with van der Waals surface area (Å²) in [7, 11) is 0. The normalized spacial score (nSPS) is 12.3. The number of fused-ring (bicyclic) bond motifs is 6. The van der Waals surface area contributed by atoms with Crippen LogP contribution in [0.3, 0.4) is 0 Å². The number of hydrogen-bond donors (Lipinski definition) is 0. The molecule has 1 unspecified atom stereocenters. The second kappa shape index (κ2) is 14.4. The van der Waals surface area contributed by atoms with Gasteiger partial charge in [-0.1, -0.05) is 137 Å². The molecule has 0 aliphatic rings. The van der Waals surface area contributed by atoms with Crippen LogP contribution < -0.4 is 23.8 Å². The summed E-state index contributed by atoms with van der Waals surface area (Å²) in [5.74, 6) is 2.63. The van der Waals surface area contributed by atoms with E-state index in [0.717, 1.165) is 19.3 Å². The van der Waals surface area contributed by atoms with Crippen LogP contribution in [0.2, 0.25) is 0 Å². The molecule has 0 fully saturated rings. The predicted octanol–water partition coefficient (Wildman–Crippen LogP) is 8.52. The molecule has 47 heavy (non-hydrogen) atoms. The van der Waals surface area contributed by atoms with Gasteiger partial charge in [-0.25, -0.2) is 0 Å². The molecule has 0 amide bonds. The van der Waals surface area contributed by atoms with Gasteiger partial charge < -0.3 is 0 Å². The van der Waals surface area contributed by atoms with E-state index in [4.69, 9.17) is 0 Å².